The molecule has 1 amide bonds. The van der Waals surface area contributed by atoms with E-state index < -0.39 is 0 Å². The lowest BCUT2D eigenvalue weighted by atomic mass is 10.1. The largest absolute Gasteiger partial charge is 0.493 e. The Hall–Kier alpha value is -2.29. The quantitative estimate of drug-likeness (QED) is 0.749. The van der Waals surface area contributed by atoms with Crippen molar-refractivity contribution in [2.24, 2.45) is 5.92 Å². The summed E-state index contributed by atoms with van der Waals surface area (Å²) in [6.45, 7) is 5.30. The maximum Gasteiger partial charge on any atom is 0.258 e. The highest BCUT2D eigenvalue weighted by Crippen LogP contribution is 2.36. The third-order valence-electron chi connectivity index (χ3n) is 4.67. The van der Waals surface area contributed by atoms with Gasteiger partial charge in [-0.05, 0) is 50.3 Å². The average Bonchev–Trinajstić information content (AvgIpc) is 3.45. The average molecular weight is 323 g/mol. The van der Waals surface area contributed by atoms with E-state index in [9.17, 15) is 4.79 Å². The van der Waals surface area contributed by atoms with E-state index in [1.807, 2.05) is 54.3 Å². The minimum Gasteiger partial charge on any atom is -0.493 e. The molecule has 0 aliphatic heterocycles. The fraction of sp³-hybridized carbons (Fsp3) is 0.381. The molecule has 0 aromatic heterocycles. The number of carbonyl (C=O) groups is 1. The predicted octanol–water partition coefficient (Wildman–Crippen LogP) is 4.53. The molecule has 1 aliphatic rings. The van der Waals surface area contributed by atoms with Crippen LogP contribution in [-0.2, 0) is 6.54 Å². The van der Waals surface area contributed by atoms with Crippen LogP contribution >= 0.6 is 0 Å². The third kappa shape index (κ3) is 3.78. The van der Waals surface area contributed by atoms with Gasteiger partial charge in [-0.15, -0.1) is 0 Å². The molecule has 126 valence electrons. The molecule has 0 radical (unpaired) electrons. The van der Waals surface area contributed by atoms with Crippen molar-refractivity contribution in [2.45, 2.75) is 39.3 Å². The summed E-state index contributed by atoms with van der Waals surface area (Å²) in [7, 11) is 0. The summed E-state index contributed by atoms with van der Waals surface area (Å²) in [5, 5.41) is 0. The Morgan fingerprint density at radius 1 is 1.12 bits per heavy atom. The molecule has 3 heteroatoms. The first kappa shape index (κ1) is 16.6. The zero-order chi connectivity index (χ0) is 16.9. The van der Waals surface area contributed by atoms with Gasteiger partial charge in [0.1, 0.15) is 5.75 Å². The van der Waals surface area contributed by atoms with Crippen LogP contribution in [-0.4, -0.2) is 23.5 Å². The van der Waals surface area contributed by atoms with Crippen LogP contribution in [0.1, 0.15) is 42.6 Å². The molecule has 0 saturated heterocycles. The number of carbonyl (C=O) groups excluding carboxylic acids is 1. The minimum absolute atomic E-state index is 0.0577. The van der Waals surface area contributed by atoms with Crippen LogP contribution in [0.5, 0.6) is 5.75 Å². The molecule has 1 atom stereocenters. The van der Waals surface area contributed by atoms with Crippen molar-refractivity contribution in [3.05, 3.63) is 65.7 Å². The standard InChI is InChI=1S/C21H25NO2/c1-3-24-20-12-8-7-11-19(20)21(23)22(16(2)18-13-14-18)15-17-9-5-4-6-10-17/h4-12,16,18H,3,13-15H2,1-2H3. The van der Waals surface area contributed by atoms with Crippen molar-refractivity contribution in [1.82, 2.24) is 4.90 Å². The van der Waals surface area contributed by atoms with Crippen molar-refractivity contribution >= 4 is 5.91 Å². The monoisotopic (exact) mass is 323 g/mol. The summed E-state index contributed by atoms with van der Waals surface area (Å²) in [5.41, 5.74) is 1.81. The van der Waals surface area contributed by atoms with Crippen LogP contribution in [0.15, 0.2) is 54.6 Å². The highest BCUT2D eigenvalue weighted by molar-refractivity contribution is 5.97. The Morgan fingerprint density at radius 3 is 2.46 bits per heavy atom. The van der Waals surface area contributed by atoms with E-state index in [0.717, 1.165) is 5.56 Å². The number of amides is 1. The van der Waals surface area contributed by atoms with Gasteiger partial charge in [0, 0.05) is 12.6 Å². The molecule has 2 aromatic carbocycles. The van der Waals surface area contributed by atoms with Gasteiger partial charge in [0.15, 0.2) is 0 Å². The van der Waals surface area contributed by atoms with Crippen molar-refractivity contribution in [1.29, 1.82) is 0 Å². The molecule has 24 heavy (non-hydrogen) atoms. The van der Waals surface area contributed by atoms with Crippen molar-refractivity contribution in [3.8, 4) is 5.75 Å². The van der Waals surface area contributed by atoms with E-state index >= 15 is 0 Å². The zero-order valence-electron chi connectivity index (χ0n) is 14.4. The fourth-order valence-electron chi connectivity index (χ4n) is 3.09. The first-order chi connectivity index (χ1) is 11.7. The lowest BCUT2D eigenvalue weighted by Crippen LogP contribution is -2.39. The molecular formula is C21H25NO2. The molecule has 1 fully saturated rings. The Bertz CT molecular complexity index is 679. The van der Waals surface area contributed by atoms with E-state index in [2.05, 4.69) is 19.1 Å². The Labute approximate surface area is 144 Å². The van der Waals surface area contributed by atoms with Gasteiger partial charge < -0.3 is 9.64 Å². The van der Waals surface area contributed by atoms with Crippen molar-refractivity contribution < 1.29 is 9.53 Å². The Morgan fingerprint density at radius 2 is 1.79 bits per heavy atom. The summed E-state index contributed by atoms with van der Waals surface area (Å²) in [6.07, 6.45) is 2.43. The number of hydrogen-bond donors (Lipinski definition) is 0. The van der Waals surface area contributed by atoms with Crippen molar-refractivity contribution in [3.63, 3.8) is 0 Å². The molecule has 2 aromatic rings. The molecule has 1 aliphatic carbocycles. The Balaban J connectivity index is 1.88. The lowest BCUT2D eigenvalue weighted by Gasteiger charge is -2.30. The second-order valence-corrected chi connectivity index (χ2v) is 6.43. The van der Waals surface area contributed by atoms with Gasteiger partial charge in [-0.2, -0.15) is 0 Å². The normalized spacial score (nSPS) is 14.9. The fourth-order valence-corrected chi connectivity index (χ4v) is 3.09. The van der Waals surface area contributed by atoms with E-state index in [1.165, 1.54) is 12.8 Å². The van der Waals surface area contributed by atoms with Crippen LogP contribution in [0.4, 0.5) is 0 Å². The molecule has 1 unspecified atom stereocenters. The topological polar surface area (TPSA) is 29.5 Å². The van der Waals surface area contributed by atoms with Crippen molar-refractivity contribution in [2.75, 3.05) is 6.61 Å². The molecule has 0 bridgehead atoms. The van der Waals surface area contributed by atoms with Gasteiger partial charge in [0.05, 0.1) is 12.2 Å². The first-order valence-corrected chi connectivity index (χ1v) is 8.77. The maximum atomic E-state index is 13.3. The minimum atomic E-state index is 0.0577. The van der Waals surface area contributed by atoms with Crippen LogP contribution in [0.2, 0.25) is 0 Å². The van der Waals surface area contributed by atoms with E-state index in [1.54, 1.807) is 0 Å². The number of rotatable bonds is 7. The van der Waals surface area contributed by atoms with Gasteiger partial charge in [-0.3, -0.25) is 4.79 Å². The summed E-state index contributed by atoms with van der Waals surface area (Å²) in [4.78, 5) is 15.3. The van der Waals surface area contributed by atoms with Crippen LogP contribution in [0.3, 0.4) is 0 Å². The van der Waals surface area contributed by atoms with Crippen LogP contribution in [0.25, 0.3) is 0 Å². The highest BCUT2D eigenvalue weighted by Gasteiger charge is 2.35. The van der Waals surface area contributed by atoms with E-state index in [4.69, 9.17) is 4.74 Å². The zero-order valence-corrected chi connectivity index (χ0v) is 14.4. The van der Waals surface area contributed by atoms with E-state index in [-0.39, 0.29) is 11.9 Å². The smallest absolute Gasteiger partial charge is 0.258 e. The number of hydrogen-bond acceptors (Lipinski definition) is 2. The summed E-state index contributed by atoms with van der Waals surface area (Å²) < 4.78 is 5.67. The lowest BCUT2D eigenvalue weighted by molar-refractivity contribution is 0.0650. The molecule has 0 heterocycles. The Kier molecular flexibility index (Phi) is 5.19. The summed E-state index contributed by atoms with van der Waals surface area (Å²) in [5.74, 6) is 1.35. The molecule has 3 nitrogen and oxygen atoms in total. The second kappa shape index (κ2) is 7.52. The molecule has 0 N–H and O–H groups in total. The van der Waals surface area contributed by atoms with Gasteiger partial charge in [-0.1, -0.05) is 42.5 Å². The summed E-state index contributed by atoms with van der Waals surface area (Å²) in [6, 6.07) is 18.0. The van der Waals surface area contributed by atoms with Gasteiger partial charge in [0.2, 0.25) is 0 Å². The number of para-hydroxylation sites is 1. The van der Waals surface area contributed by atoms with E-state index in [0.29, 0.717) is 30.4 Å². The molecular weight excluding hydrogens is 298 g/mol. The number of nitrogens with zero attached hydrogens (tertiary/aromatic N) is 1. The number of benzene rings is 2. The van der Waals surface area contributed by atoms with Gasteiger partial charge in [0.25, 0.3) is 5.91 Å². The second-order valence-electron chi connectivity index (χ2n) is 6.43. The molecule has 1 saturated carbocycles. The third-order valence-corrected chi connectivity index (χ3v) is 4.67. The summed E-state index contributed by atoms with van der Waals surface area (Å²) >= 11 is 0. The SMILES string of the molecule is CCOc1ccccc1C(=O)N(Cc1ccccc1)C(C)C1CC1. The van der Waals surface area contributed by atoms with Gasteiger partial charge >= 0.3 is 0 Å². The highest BCUT2D eigenvalue weighted by atomic mass is 16.5. The predicted molar refractivity (Wildman–Crippen MR) is 96.1 cm³/mol. The van der Waals surface area contributed by atoms with Crippen LogP contribution in [0, 0.1) is 5.92 Å². The first-order valence-electron chi connectivity index (χ1n) is 8.77. The molecule has 0 spiro atoms. The van der Waals surface area contributed by atoms with Crippen LogP contribution < -0.4 is 4.74 Å². The number of ether oxygens (including phenoxy) is 1. The molecule has 3 rings (SSSR count). The van der Waals surface area contributed by atoms with Gasteiger partial charge in [-0.25, -0.2) is 0 Å². The maximum absolute atomic E-state index is 13.3.